The fraction of sp³-hybridized carbons (Fsp3) is 0.176. The molecule has 2 heterocycles. The Morgan fingerprint density at radius 1 is 1.22 bits per heavy atom. The maximum atomic E-state index is 5.95. The second kappa shape index (κ2) is 5.01. The van der Waals surface area contributed by atoms with Gasteiger partial charge in [0, 0.05) is 0 Å². The lowest BCUT2D eigenvalue weighted by Gasteiger charge is -2.24. The van der Waals surface area contributed by atoms with Gasteiger partial charge in [-0.2, -0.15) is 0 Å². The van der Waals surface area contributed by atoms with Crippen LogP contribution in [0, 0.1) is 6.92 Å². The third kappa shape index (κ3) is 2.11. The van der Waals surface area contributed by atoms with Crippen molar-refractivity contribution >= 4 is 22.9 Å². The predicted molar refractivity (Wildman–Crippen MR) is 90.8 cm³/mol. The van der Waals surface area contributed by atoms with Crippen LogP contribution in [0.1, 0.15) is 17.3 Å². The molecule has 1 aromatic heterocycles. The molecule has 3 N–H and O–H groups in total. The first kappa shape index (κ1) is 13.6. The molecule has 0 radical (unpaired) electrons. The van der Waals surface area contributed by atoms with E-state index >= 15 is 0 Å². The number of hydrogen-bond donors (Lipinski definition) is 2. The smallest absolute Gasteiger partial charge is 0.212 e. The molecular formula is C17H17N5O. The van der Waals surface area contributed by atoms with E-state index in [0.717, 1.165) is 27.9 Å². The lowest BCUT2D eigenvalue weighted by atomic mass is 10.1. The number of methoxy groups -OCH3 is 1. The summed E-state index contributed by atoms with van der Waals surface area (Å²) in [5.74, 6) is 1.93. The van der Waals surface area contributed by atoms with Gasteiger partial charge in [0.25, 0.3) is 0 Å². The first-order valence-corrected chi connectivity index (χ1v) is 7.39. The van der Waals surface area contributed by atoms with Crippen molar-refractivity contribution in [2.45, 2.75) is 13.1 Å². The molecule has 1 aliphatic rings. The molecule has 1 atom stereocenters. The first-order valence-electron chi connectivity index (χ1n) is 7.39. The van der Waals surface area contributed by atoms with Crippen LogP contribution >= 0.6 is 0 Å². The zero-order valence-corrected chi connectivity index (χ0v) is 12.9. The highest BCUT2D eigenvalue weighted by Crippen LogP contribution is 2.33. The highest BCUT2D eigenvalue weighted by Gasteiger charge is 2.25. The van der Waals surface area contributed by atoms with E-state index in [-0.39, 0.29) is 6.17 Å². The van der Waals surface area contributed by atoms with Crippen LogP contribution in [-0.2, 0) is 0 Å². The Kier molecular flexibility index (Phi) is 2.97. The third-order valence-corrected chi connectivity index (χ3v) is 4.06. The van der Waals surface area contributed by atoms with Crippen LogP contribution in [0.25, 0.3) is 11.0 Å². The Bertz CT molecular complexity index is 928. The lowest BCUT2D eigenvalue weighted by molar-refractivity contribution is 0.411. The van der Waals surface area contributed by atoms with Crippen molar-refractivity contribution in [1.29, 1.82) is 0 Å². The summed E-state index contributed by atoms with van der Waals surface area (Å²) in [6, 6.07) is 14.0. The number of aliphatic imine (C=N–C) groups is 1. The minimum atomic E-state index is -0.247. The van der Waals surface area contributed by atoms with Gasteiger partial charge in [-0.15, -0.1) is 0 Å². The number of rotatable bonds is 2. The number of nitrogens with zero attached hydrogens (tertiary/aromatic N) is 3. The van der Waals surface area contributed by atoms with E-state index in [2.05, 4.69) is 25.9 Å². The molecule has 116 valence electrons. The van der Waals surface area contributed by atoms with Crippen LogP contribution in [0.4, 0.5) is 5.95 Å². The Hall–Kier alpha value is -3.02. The number of fused-ring (bicyclic) bond motifs is 3. The number of anilines is 1. The van der Waals surface area contributed by atoms with E-state index < -0.39 is 0 Å². The normalized spacial score (nSPS) is 16.6. The van der Waals surface area contributed by atoms with Gasteiger partial charge < -0.3 is 10.5 Å². The fourth-order valence-electron chi connectivity index (χ4n) is 3.00. The van der Waals surface area contributed by atoms with Crippen LogP contribution in [-0.4, -0.2) is 22.6 Å². The van der Waals surface area contributed by atoms with Gasteiger partial charge in [-0.25, -0.2) is 9.98 Å². The Labute approximate surface area is 133 Å². The molecule has 0 unspecified atom stereocenters. The maximum Gasteiger partial charge on any atom is 0.212 e. The second-order valence-corrected chi connectivity index (χ2v) is 5.54. The van der Waals surface area contributed by atoms with E-state index in [9.17, 15) is 0 Å². The van der Waals surface area contributed by atoms with Crippen molar-refractivity contribution in [3.63, 3.8) is 0 Å². The van der Waals surface area contributed by atoms with E-state index in [1.54, 1.807) is 7.11 Å². The summed E-state index contributed by atoms with van der Waals surface area (Å²) in [6.45, 7) is 2.02. The Morgan fingerprint density at radius 3 is 2.83 bits per heavy atom. The number of guanidine groups is 1. The number of aryl methyl sites for hydroxylation is 1. The van der Waals surface area contributed by atoms with Gasteiger partial charge >= 0.3 is 0 Å². The molecule has 6 heteroatoms. The molecule has 0 saturated heterocycles. The van der Waals surface area contributed by atoms with Gasteiger partial charge in [0.1, 0.15) is 5.75 Å². The van der Waals surface area contributed by atoms with Gasteiger partial charge in [-0.3, -0.25) is 9.88 Å². The second-order valence-electron chi connectivity index (χ2n) is 5.54. The summed E-state index contributed by atoms with van der Waals surface area (Å²) >= 11 is 0. The molecule has 1 aliphatic heterocycles. The van der Waals surface area contributed by atoms with Gasteiger partial charge in [0.2, 0.25) is 5.95 Å². The zero-order chi connectivity index (χ0) is 16.0. The number of para-hydroxylation sites is 2. The SMILES string of the molecule is COc1ccc([C@H]2N=C(N)Nc3nc4ccccc4n32)cc1C. The monoisotopic (exact) mass is 307 g/mol. The molecule has 23 heavy (non-hydrogen) atoms. The van der Waals surface area contributed by atoms with E-state index in [0.29, 0.717) is 11.9 Å². The van der Waals surface area contributed by atoms with Crippen molar-refractivity contribution < 1.29 is 4.74 Å². The number of ether oxygens (including phenoxy) is 1. The highest BCUT2D eigenvalue weighted by molar-refractivity contribution is 5.94. The minimum Gasteiger partial charge on any atom is -0.496 e. The van der Waals surface area contributed by atoms with Crippen molar-refractivity contribution in [3.8, 4) is 5.75 Å². The summed E-state index contributed by atoms with van der Waals surface area (Å²) < 4.78 is 7.40. The van der Waals surface area contributed by atoms with Crippen LogP contribution in [0.5, 0.6) is 5.75 Å². The summed E-state index contributed by atoms with van der Waals surface area (Å²) in [7, 11) is 1.67. The molecular weight excluding hydrogens is 290 g/mol. The van der Waals surface area contributed by atoms with Crippen LogP contribution in [0.15, 0.2) is 47.5 Å². The van der Waals surface area contributed by atoms with Crippen molar-refractivity contribution in [2.75, 3.05) is 12.4 Å². The van der Waals surface area contributed by atoms with Crippen LogP contribution in [0.2, 0.25) is 0 Å². The molecule has 0 aliphatic carbocycles. The quantitative estimate of drug-likeness (QED) is 0.763. The summed E-state index contributed by atoms with van der Waals surface area (Å²) in [5, 5.41) is 3.04. The molecule has 0 bridgehead atoms. The van der Waals surface area contributed by atoms with Crippen LogP contribution in [0.3, 0.4) is 0 Å². The lowest BCUT2D eigenvalue weighted by Crippen LogP contribution is -2.31. The topological polar surface area (TPSA) is 77.5 Å². The summed E-state index contributed by atoms with van der Waals surface area (Å²) in [6.07, 6.45) is -0.247. The first-order chi connectivity index (χ1) is 11.2. The number of imidazole rings is 1. The minimum absolute atomic E-state index is 0.247. The molecule has 3 aromatic rings. The average Bonchev–Trinajstić information content (AvgIpc) is 2.92. The summed E-state index contributed by atoms with van der Waals surface area (Å²) in [5.41, 5.74) is 9.98. The van der Waals surface area contributed by atoms with Crippen molar-refractivity contribution in [1.82, 2.24) is 9.55 Å². The van der Waals surface area contributed by atoms with Gasteiger partial charge in [-0.1, -0.05) is 18.2 Å². The van der Waals surface area contributed by atoms with Crippen molar-refractivity contribution in [3.05, 3.63) is 53.6 Å². The maximum absolute atomic E-state index is 5.95. The van der Waals surface area contributed by atoms with E-state index in [4.69, 9.17) is 10.5 Å². The third-order valence-electron chi connectivity index (χ3n) is 4.06. The van der Waals surface area contributed by atoms with E-state index in [1.807, 2.05) is 43.3 Å². The molecule has 0 spiro atoms. The standard InChI is InChI=1S/C17H17N5O/c1-10-9-11(7-8-14(10)23-2)15-20-16(18)21-17-19-12-5-3-4-6-13(12)22(15)17/h3-9,15H,1-2H3,(H3,18,19,20,21)/t15-/m0/s1. The van der Waals surface area contributed by atoms with Gasteiger partial charge in [0.05, 0.1) is 18.1 Å². The number of benzene rings is 2. The predicted octanol–water partition coefficient (Wildman–Crippen LogP) is 2.64. The zero-order valence-electron chi connectivity index (χ0n) is 12.9. The van der Waals surface area contributed by atoms with Crippen LogP contribution < -0.4 is 15.8 Å². The van der Waals surface area contributed by atoms with E-state index in [1.165, 1.54) is 0 Å². The highest BCUT2D eigenvalue weighted by atomic mass is 16.5. The Morgan fingerprint density at radius 2 is 2.04 bits per heavy atom. The number of nitrogens with two attached hydrogens (primary N) is 1. The number of nitrogens with one attached hydrogen (secondary N) is 1. The Balaban J connectivity index is 1.91. The molecule has 2 aromatic carbocycles. The average molecular weight is 307 g/mol. The van der Waals surface area contributed by atoms with Crippen molar-refractivity contribution in [2.24, 2.45) is 10.7 Å². The largest absolute Gasteiger partial charge is 0.496 e. The summed E-state index contributed by atoms with van der Waals surface area (Å²) in [4.78, 5) is 9.18. The van der Waals surface area contributed by atoms with Gasteiger partial charge in [0.15, 0.2) is 12.1 Å². The molecule has 0 amide bonds. The fourth-order valence-corrected chi connectivity index (χ4v) is 3.00. The molecule has 4 rings (SSSR count). The molecule has 0 saturated carbocycles. The molecule has 6 nitrogen and oxygen atoms in total. The van der Waals surface area contributed by atoms with Gasteiger partial charge in [-0.05, 0) is 42.3 Å². The number of hydrogen-bond acceptors (Lipinski definition) is 5. The molecule has 0 fully saturated rings. The number of aromatic nitrogens is 2.